The summed E-state index contributed by atoms with van der Waals surface area (Å²) in [6.07, 6.45) is 1.04. The average molecular weight is 598 g/mol. The molecule has 0 saturated heterocycles. The largest absolute Gasteiger partial charge is 0.497 e. The van der Waals surface area contributed by atoms with Gasteiger partial charge in [0.05, 0.1) is 37.5 Å². The molecule has 0 N–H and O–H groups in total. The van der Waals surface area contributed by atoms with Crippen molar-refractivity contribution in [3.63, 3.8) is 0 Å². The standard InChI is InChI=1S/C27H22F3N7O4S/c1-39-21-9-5-17(6-10-21)15-41-23-14-31-22(13-32-23)36-25(38)24-19(12-34-40-2)11-33-37(24)35-26(36)42-16-18-3-7-20(8-4-18)27(28,29)30/h3-14H,15-16H2,1-2H3/b34-12+. The zero-order valence-corrected chi connectivity index (χ0v) is 23.0. The van der Waals surface area contributed by atoms with Crippen molar-refractivity contribution in [2.75, 3.05) is 14.2 Å². The average Bonchev–Trinajstić information content (AvgIpc) is 3.41. The van der Waals surface area contributed by atoms with Crippen LogP contribution in [0.3, 0.4) is 0 Å². The maximum absolute atomic E-state index is 13.7. The Balaban J connectivity index is 1.45. The lowest BCUT2D eigenvalue weighted by atomic mass is 10.1. The van der Waals surface area contributed by atoms with E-state index in [9.17, 15) is 18.0 Å². The smallest absolute Gasteiger partial charge is 0.416 e. The first kappa shape index (κ1) is 28.6. The number of oxime groups is 1. The highest BCUT2D eigenvalue weighted by Crippen LogP contribution is 2.30. The number of methoxy groups -OCH3 is 1. The number of hydrogen-bond donors (Lipinski definition) is 0. The van der Waals surface area contributed by atoms with Crippen LogP contribution in [0.2, 0.25) is 0 Å². The molecule has 5 aromatic rings. The number of alkyl halides is 3. The molecule has 0 aliphatic carbocycles. The van der Waals surface area contributed by atoms with Crippen LogP contribution in [0.15, 0.2) is 82.2 Å². The lowest BCUT2D eigenvalue weighted by Crippen LogP contribution is -2.26. The van der Waals surface area contributed by atoms with Crippen molar-refractivity contribution in [2.45, 2.75) is 23.7 Å². The Morgan fingerprint density at radius 1 is 0.976 bits per heavy atom. The summed E-state index contributed by atoms with van der Waals surface area (Å²) >= 11 is 1.12. The van der Waals surface area contributed by atoms with Crippen LogP contribution in [0, 0.1) is 0 Å². The quantitative estimate of drug-likeness (QED) is 0.130. The molecule has 3 aromatic heterocycles. The summed E-state index contributed by atoms with van der Waals surface area (Å²) in [7, 11) is 2.95. The van der Waals surface area contributed by atoms with Crippen LogP contribution in [0.1, 0.15) is 22.3 Å². The Kier molecular flexibility index (Phi) is 8.38. The first-order chi connectivity index (χ1) is 20.3. The molecule has 0 fully saturated rings. The van der Waals surface area contributed by atoms with Gasteiger partial charge in [-0.05, 0) is 35.4 Å². The van der Waals surface area contributed by atoms with E-state index in [0.717, 1.165) is 39.8 Å². The van der Waals surface area contributed by atoms with E-state index in [4.69, 9.17) is 14.3 Å². The van der Waals surface area contributed by atoms with Gasteiger partial charge in [0, 0.05) is 11.3 Å². The van der Waals surface area contributed by atoms with Crippen LogP contribution >= 0.6 is 11.8 Å². The van der Waals surface area contributed by atoms with Crippen LogP contribution in [0.5, 0.6) is 11.6 Å². The Morgan fingerprint density at radius 2 is 1.71 bits per heavy atom. The van der Waals surface area contributed by atoms with Crippen molar-refractivity contribution >= 4 is 23.5 Å². The van der Waals surface area contributed by atoms with Crippen molar-refractivity contribution < 1.29 is 27.5 Å². The highest BCUT2D eigenvalue weighted by molar-refractivity contribution is 7.98. The molecule has 15 heteroatoms. The van der Waals surface area contributed by atoms with Crippen LogP contribution in [0.25, 0.3) is 11.3 Å². The molecule has 0 amide bonds. The number of nitrogens with zero attached hydrogens (tertiary/aromatic N) is 7. The molecule has 3 heterocycles. The molecular formula is C27H22F3N7O4S. The predicted octanol–water partition coefficient (Wildman–Crippen LogP) is 4.55. The molecule has 5 rings (SSSR count). The Labute approximate surface area is 240 Å². The number of fused-ring (bicyclic) bond motifs is 1. The minimum absolute atomic E-state index is 0.108. The van der Waals surface area contributed by atoms with Crippen molar-refractivity contribution in [1.29, 1.82) is 0 Å². The fourth-order valence-corrected chi connectivity index (χ4v) is 4.70. The van der Waals surface area contributed by atoms with Crippen LogP contribution in [0.4, 0.5) is 13.2 Å². The highest BCUT2D eigenvalue weighted by Gasteiger charge is 2.30. The molecule has 0 saturated carbocycles. The molecule has 0 unspecified atom stereocenters. The van der Waals surface area contributed by atoms with Gasteiger partial charge in [-0.15, -0.1) is 9.73 Å². The van der Waals surface area contributed by atoms with E-state index in [1.165, 1.54) is 48.6 Å². The van der Waals surface area contributed by atoms with Gasteiger partial charge < -0.3 is 14.3 Å². The molecule has 0 atom stereocenters. The fraction of sp³-hybridized carbons (Fsp3) is 0.185. The van der Waals surface area contributed by atoms with Gasteiger partial charge in [-0.1, -0.05) is 41.2 Å². The number of aromatic nitrogens is 6. The Hall–Kier alpha value is -4.92. The lowest BCUT2D eigenvalue weighted by Gasteiger charge is -2.12. The third-order valence-electron chi connectivity index (χ3n) is 5.89. The molecule has 2 aromatic carbocycles. The summed E-state index contributed by atoms with van der Waals surface area (Å²) in [6.45, 7) is 0.234. The molecule has 0 aliphatic heterocycles. The number of rotatable bonds is 10. The minimum atomic E-state index is -4.44. The van der Waals surface area contributed by atoms with Gasteiger partial charge in [-0.2, -0.15) is 18.3 Å². The van der Waals surface area contributed by atoms with E-state index < -0.39 is 17.3 Å². The summed E-state index contributed by atoms with van der Waals surface area (Å²) in [5.74, 6) is 1.32. The molecule has 0 radical (unpaired) electrons. The molecule has 216 valence electrons. The molecule has 0 spiro atoms. The number of halogens is 3. The zero-order chi connectivity index (χ0) is 29.7. The number of ether oxygens (including phenoxy) is 2. The second kappa shape index (κ2) is 12.3. The number of benzene rings is 2. The number of hydrogen-bond acceptors (Lipinski definition) is 10. The van der Waals surface area contributed by atoms with Crippen molar-refractivity contribution in [3.05, 3.63) is 99.7 Å². The normalized spacial score (nSPS) is 11.7. The fourth-order valence-electron chi connectivity index (χ4n) is 3.77. The summed E-state index contributed by atoms with van der Waals surface area (Å²) in [4.78, 5) is 27.1. The van der Waals surface area contributed by atoms with Gasteiger partial charge >= 0.3 is 6.18 Å². The van der Waals surface area contributed by atoms with Crippen molar-refractivity contribution in [2.24, 2.45) is 5.16 Å². The third kappa shape index (κ3) is 6.35. The van der Waals surface area contributed by atoms with Crippen LogP contribution in [-0.2, 0) is 23.4 Å². The van der Waals surface area contributed by atoms with Gasteiger partial charge in [0.2, 0.25) is 5.88 Å². The maximum atomic E-state index is 13.7. The van der Waals surface area contributed by atoms with Crippen LogP contribution in [-0.4, -0.2) is 49.8 Å². The van der Waals surface area contributed by atoms with Gasteiger partial charge in [0.15, 0.2) is 16.5 Å². The van der Waals surface area contributed by atoms with Gasteiger partial charge in [0.25, 0.3) is 5.56 Å². The van der Waals surface area contributed by atoms with Crippen LogP contribution < -0.4 is 15.0 Å². The van der Waals surface area contributed by atoms with E-state index >= 15 is 0 Å². The summed E-state index contributed by atoms with van der Waals surface area (Å²) in [6, 6.07) is 12.1. The summed E-state index contributed by atoms with van der Waals surface area (Å²) in [5.41, 5.74) is 0.678. The monoisotopic (exact) mass is 597 g/mol. The predicted molar refractivity (Wildman–Crippen MR) is 147 cm³/mol. The molecule has 0 bridgehead atoms. The van der Waals surface area contributed by atoms with E-state index in [1.807, 2.05) is 24.3 Å². The third-order valence-corrected chi connectivity index (χ3v) is 6.89. The molecule has 42 heavy (non-hydrogen) atoms. The van der Waals surface area contributed by atoms with Gasteiger partial charge in [-0.25, -0.2) is 14.5 Å². The van der Waals surface area contributed by atoms with Crippen molar-refractivity contribution in [3.8, 4) is 17.4 Å². The van der Waals surface area contributed by atoms with E-state index in [0.29, 0.717) is 11.1 Å². The topological polar surface area (TPSA) is 118 Å². The molecular weight excluding hydrogens is 575 g/mol. The molecule has 0 aliphatic rings. The maximum Gasteiger partial charge on any atom is 0.416 e. The van der Waals surface area contributed by atoms with Crippen molar-refractivity contribution in [1.82, 2.24) is 29.4 Å². The number of thioether (sulfide) groups is 1. The second-order valence-corrected chi connectivity index (χ2v) is 9.55. The van der Waals surface area contributed by atoms with E-state index in [2.05, 4.69) is 25.3 Å². The zero-order valence-electron chi connectivity index (χ0n) is 22.1. The Bertz CT molecular complexity index is 1760. The summed E-state index contributed by atoms with van der Waals surface area (Å²) < 4.78 is 52.2. The molecule has 11 nitrogen and oxygen atoms in total. The lowest BCUT2D eigenvalue weighted by molar-refractivity contribution is -0.137. The van der Waals surface area contributed by atoms with E-state index in [1.54, 1.807) is 7.11 Å². The SMILES string of the molecule is CO/N=C/c1cnn2nc(SCc3ccc(C(F)(F)F)cc3)n(-c3cnc(OCc4ccc(OC)cc4)cn3)c(=O)c12. The summed E-state index contributed by atoms with van der Waals surface area (Å²) in [5, 5.41) is 12.5. The Morgan fingerprint density at radius 3 is 2.36 bits per heavy atom. The van der Waals surface area contributed by atoms with Gasteiger partial charge in [-0.3, -0.25) is 4.79 Å². The first-order valence-electron chi connectivity index (χ1n) is 12.2. The van der Waals surface area contributed by atoms with Gasteiger partial charge in [0.1, 0.15) is 19.5 Å². The first-order valence-corrected chi connectivity index (χ1v) is 13.2. The second-order valence-electron chi connectivity index (χ2n) is 8.61. The minimum Gasteiger partial charge on any atom is -0.497 e. The van der Waals surface area contributed by atoms with E-state index in [-0.39, 0.29) is 34.7 Å². The highest BCUT2D eigenvalue weighted by atomic mass is 32.2.